The SMILES string of the molecule is CCCC12CCC(=O)C=C1c1c(cc(OC)c(Cl)c1Cl)O2. The number of carbonyl (C=O) groups excluding carboxylic acids is 1. The van der Waals surface area contributed by atoms with E-state index < -0.39 is 5.60 Å². The van der Waals surface area contributed by atoms with Gasteiger partial charge in [0, 0.05) is 23.6 Å². The zero-order valence-electron chi connectivity index (χ0n) is 12.0. The van der Waals surface area contributed by atoms with E-state index in [1.165, 1.54) is 7.11 Å². The molecule has 1 heterocycles. The van der Waals surface area contributed by atoms with Crippen LogP contribution in [0.3, 0.4) is 0 Å². The summed E-state index contributed by atoms with van der Waals surface area (Å²) in [5.41, 5.74) is 1.15. The number of rotatable bonds is 3. The fourth-order valence-electron chi connectivity index (χ4n) is 3.22. The van der Waals surface area contributed by atoms with Crippen LogP contribution in [0.15, 0.2) is 12.1 Å². The molecular weight excluding hydrogens is 311 g/mol. The number of methoxy groups -OCH3 is 1. The highest BCUT2D eigenvalue weighted by Crippen LogP contribution is 2.56. The first kappa shape index (κ1) is 14.7. The molecule has 1 aliphatic heterocycles. The van der Waals surface area contributed by atoms with Gasteiger partial charge >= 0.3 is 0 Å². The molecule has 0 bridgehead atoms. The van der Waals surface area contributed by atoms with Crippen LogP contribution in [0.5, 0.6) is 11.5 Å². The maximum absolute atomic E-state index is 11.8. The van der Waals surface area contributed by atoms with Gasteiger partial charge in [0.1, 0.15) is 22.1 Å². The van der Waals surface area contributed by atoms with Gasteiger partial charge in [0.15, 0.2) is 5.78 Å². The van der Waals surface area contributed by atoms with Crippen molar-refractivity contribution in [1.29, 1.82) is 0 Å². The van der Waals surface area contributed by atoms with Crippen LogP contribution in [-0.2, 0) is 4.79 Å². The van der Waals surface area contributed by atoms with E-state index in [1.54, 1.807) is 12.1 Å². The summed E-state index contributed by atoms with van der Waals surface area (Å²) < 4.78 is 11.5. The predicted molar refractivity (Wildman–Crippen MR) is 83.5 cm³/mol. The van der Waals surface area contributed by atoms with E-state index in [0.717, 1.165) is 24.0 Å². The highest BCUT2D eigenvalue weighted by atomic mass is 35.5. The summed E-state index contributed by atoms with van der Waals surface area (Å²) >= 11 is 12.7. The van der Waals surface area contributed by atoms with Crippen molar-refractivity contribution < 1.29 is 14.3 Å². The average Bonchev–Trinajstić information content (AvgIpc) is 2.77. The number of benzene rings is 1. The first-order chi connectivity index (χ1) is 10.0. The third kappa shape index (κ3) is 2.14. The van der Waals surface area contributed by atoms with E-state index in [4.69, 9.17) is 32.7 Å². The Morgan fingerprint density at radius 3 is 2.81 bits per heavy atom. The number of hydrogen-bond acceptors (Lipinski definition) is 3. The summed E-state index contributed by atoms with van der Waals surface area (Å²) in [5, 5.41) is 0.748. The minimum absolute atomic E-state index is 0.108. The van der Waals surface area contributed by atoms with Crippen LogP contribution in [0.2, 0.25) is 10.0 Å². The van der Waals surface area contributed by atoms with Gasteiger partial charge in [-0.25, -0.2) is 0 Å². The fourth-order valence-corrected chi connectivity index (χ4v) is 3.73. The Hall–Kier alpha value is -1.19. The molecule has 2 aliphatic rings. The molecule has 1 unspecified atom stereocenters. The quantitative estimate of drug-likeness (QED) is 0.809. The van der Waals surface area contributed by atoms with Crippen molar-refractivity contribution in [2.75, 3.05) is 7.11 Å². The van der Waals surface area contributed by atoms with Crippen LogP contribution in [0.1, 0.15) is 38.2 Å². The molecule has 0 spiro atoms. The van der Waals surface area contributed by atoms with Crippen molar-refractivity contribution >= 4 is 34.6 Å². The van der Waals surface area contributed by atoms with Crippen LogP contribution >= 0.6 is 23.2 Å². The molecule has 21 heavy (non-hydrogen) atoms. The standard InChI is InChI=1S/C16H16Cl2O3/c1-3-5-16-6-4-9(19)7-10(16)13-11(21-16)8-12(20-2)14(17)15(13)18/h7-8H,3-6H2,1-2H3. The molecule has 0 fully saturated rings. The van der Waals surface area contributed by atoms with E-state index in [0.29, 0.717) is 34.4 Å². The van der Waals surface area contributed by atoms with Gasteiger partial charge < -0.3 is 9.47 Å². The molecule has 5 heteroatoms. The third-order valence-electron chi connectivity index (χ3n) is 4.16. The maximum Gasteiger partial charge on any atom is 0.156 e. The minimum atomic E-state index is -0.454. The van der Waals surface area contributed by atoms with E-state index in [2.05, 4.69) is 6.92 Å². The number of ketones is 1. The molecule has 0 amide bonds. The van der Waals surface area contributed by atoms with Gasteiger partial charge in [-0.2, -0.15) is 0 Å². The van der Waals surface area contributed by atoms with E-state index >= 15 is 0 Å². The number of halogens is 2. The summed E-state index contributed by atoms with van der Waals surface area (Å²) in [4.78, 5) is 11.8. The molecule has 0 N–H and O–H groups in total. The second kappa shape index (κ2) is 5.22. The number of ether oxygens (including phenoxy) is 2. The molecule has 3 rings (SSSR count). The second-order valence-electron chi connectivity index (χ2n) is 5.45. The van der Waals surface area contributed by atoms with E-state index in [9.17, 15) is 4.79 Å². The van der Waals surface area contributed by atoms with Crippen LogP contribution in [0.4, 0.5) is 0 Å². The van der Waals surface area contributed by atoms with Gasteiger partial charge in [-0.15, -0.1) is 0 Å². The number of carbonyl (C=O) groups is 1. The van der Waals surface area contributed by atoms with E-state index in [-0.39, 0.29) is 5.78 Å². The highest BCUT2D eigenvalue weighted by Gasteiger charge is 2.47. The van der Waals surface area contributed by atoms with Crippen LogP contribution < -0.4 is 9.47 Å². The lowest BCUT2D eigenvalue weighted by atomic mass is 9.78. The molecule has 0 aromatic heterocycles. The minimum Gasteiger partial charge on any atom is -0.495 e. The third-order valence-corrected chi connectivity index (χ3v) is 5.01. The molecule has 1 aromatic carbocycles. The van der Waals surface area contributed by atoms with Gasteiger partial charge in [-0.3, -0.25) is 4.79 Å². The Labute approximate surface area is 133 Å². The van der Waals surface area contributed by atoms with Crippen LogP contribution in [-0.4, -0.2) is 18.5 Å². The van der Waals surface area contributed by atoms with Gasteiger partial charge in [0.25, 0.3) is 0 Å². The molecule has 112 valence electrons. The van der Waals surface area contributed by atoms with E-state index in [1.807, 2.05) is 0 Å². The molecule has 1 atom stereocenters. The van der Waals surface area contributed by atoms with Crippen LogP contribution in [0, 0.1) is 0 Å². The van der Waals surface area contributed by atoms with Gasteiger partial charge in [0.2, 0.25) is 0 Å². The highest BCUT2D eigenvalue weighted by molar-refractivity contribution is 6.44. The van der Waals surface area contributed by atoms with Crippen molar-refractivity contribution in [3.63, 3.8) is 0 Å². The molecule has 1 aliphatic carbocycles. The summed E-state index contributed by atoms with van der Waals surface area (Å²) in [6.45, 7) is 2.10. The summed E-state index contributed by atoms with van der Waals surface area (Å²) in [6, 6.07) is 1.75. The topological polar surface area (TPSA) is 35.5 Å². The molecular formula is C16H16Cl2O3. The summed E-state index contributed by atoms with van der Waals surface area (Å²) in [7, 11) is 1.54. The largest absolute Gasteiger partial charge is 0.495 e. The van der Waals surface area contributed by atoms with Gasteiger partial charge in [0.05, 0.1) is 12.1 Å². The normalized spacial score (nSPS) is 23.2. The molecule has 0 saturated carbocycles. The number of hydrogen-bond donors (Lipinski definition) is 0. The van der Waals surface area contributed by atoms with Crippen molar-refractivity contribution in [2.45, 2.75) is 38.2 Å². The average molecular weight is 327 g/mol. The Kier molecular flexibility index (Phi) is 3.66. The lowest BCUT2D eigenvalue weighted by Gasteiger charge is -2.32. The first-order valence-electron chi connectivity index (χ1n) is 7.03. The lowest BCUT2D eigenvalue weighted by Crippen LogP contribution is -2.36. The van der Waals surface area contributed by atoms with Crippen molar-refractivity contribution in [3.8, 4) is 11.5 Å². The maximum atomic E-state index is 11.8. The Bertz CT molecular complexity index is 651. The Morgan fingerprint density at radius 2 is 2.14 bits per heavy atom. The van der Waals surface area contributed by atoms with Gasteiger partial charge in [-0.05, 0) is 18.9 Å². The van der Waals surface area contributed by atoms with Crippen LogP contribution in [0.25, 0.3) is 5.57 Å². The second-order valence-corrected chi connectivity index (χ2v) is 6.21. The Balaban J connectivity index is 2.22. The van der Waals surface area contributed by atoms with Crippen molar-refractivity contribution in [3.05, 3.63) is 27.8 Å². The number of fused-ring (bicyclic) bond motifs is 3. The smallest absolute Gasteiger partial charge is 0.156 e. The summed E-state index contributed by atoms with van der Waals surface area (Å²) in [6.07, 6.45) is 4.65. The number of allylic oxidation sites excluding steroid dienone is 1. The van der Waals surface area contributed by atoms with Crippen molar-refractivity contribution in [2.24, 2.45) is 0 Å². The molecule has 1 aromatic rings. The zero-order valence-corrected chi connectivity index (χ0v) is 13.5. The molecule has 0 saturated heterocycles. The first-order valence-corrected chi connectivity index (χ1v) is 7.78. The van der Waals surface area contributed by atoms with Crippen molar-refractivity contribution in [1.82, 2.24) is 0 Å². The monoisotopic (exact) mass is 326 g/mol. The molecule has 0 radical (unpaired) electrons. The predicted octanol–water partition coefficient (Wildman–Crippen LogP) is 4.68. The Morgan fingerprint density at radius 1 is 1.38 bits per heavy atom. The summed E-state index contributed by atoms with van der Waals surface area (Å²) in [5.74, 6) is 1.24. The lowest BCUT2D eigenvalue weighted by molar-refractivity contribution is -0.115. The fraction of sp³-hybridized carbons (Fsp3) is 0.438. The van der Waals surface area contributed by atoms with Gasteiger partial charge in [-0.1, -0.05) is 36.5 Å². The molecule has 3 nitrogen and oxygen atoms in total. The zero-order chi connectivity index (χ0) is 15.2.